The Morgan fingerprint density at radius 1 is 1.16 bits per heavy atom. The molecule has 108 valence electrons. The summed E-state index contributed by atoms with van der Waals surface area (Å²) in [5, 5.41) is 7.51. The van der Waals surface area contributed by atoms with E-state index in [4.69, 9.17) is 23.2 Å². The monoisotopic (exact) mass is 303 g/mol. The molecule has 0 aliphatic rings. The lowest BCUT2D eigenvalue weighted by atomic mass is 9.82. The van der Waals surface area contributed by atoms with Gasteiger partial charge in [-0.15, -0.1) is 0 Å². The summed E-state index contributed by atoms with van der Waals surface area (Å²) < 4.78 is 0. The lowest BCUT2D eigenvalue weighted by molar-refractivity contribution is 0.274. The minimum absolute atomic E-state index is 0.246. The van der Waals surface area contributed by atoms with Crippen molar-refractivity contribution in [1.82, 2.24) is 4.98 Å². The van der Waals surface area contributed by atoms with E-state index in [1.54, 1.807) is 6.07 Å². The lowest BCUT2D eigenvalue weighted by Gasteiger charge is -2.27. The molecule has 1 aromatic heterocycles. The zero-order valence-electron chi connectivity index (χ0n) is 12.3. The predicted molar refractivity (Wildman–Crippen MR) is 85.5 cm³/mol. The van der Waals surface area contributed by atoms with Gasteiger partial charge in [-0.2, -0.15) is 0 Å². The summed E-state index contributed by atoms with van der Waals surface area (Å²) in [6.45, 7) is 12.5. The van der Waals surface area contributed by atoms with Gasteiger partial charge in [0.05, 0.1) is 10.0 Å². The van der Waals surface area contributed by atoms with Gasteiger partial charge >= 0.3 is 0 Å². The normalized spacial score (nSPS) is 13.2. The van der Waals surface area contributed by atoms with Crippen molar-refractivity contribution in [3.05, 3.63) is 16.1 Å². The predicted octanol–water partition coefficient (Wildman–Crippen LogP) is 4.91. The van der Waals surface area contributed by atoms with Crippen LogP contribution < -0.4 is 10.6 Å². The summed E-state index contributed by atoms with van der Waals surface area (Å²) in [6, 6.07) is 1.72. The third kappa shape index (κ3) is 4.73. The number of aromatic nitrogens is 1. The highest BCUT2D eigenvalue weighted by molar-refractivity contribution is 6.37. The number of hydrogen-bond donors (Lipinski definition) is 2. The SMILES string of the molecule is CCNc1nc(NCC(C)C(C)(C)C)c(Cl)cc1Cl. The summed E-state index contributed by atoms with van der Waals surface area (Å²) in [7, 11) is 0. The summed E-state index contributed by atoms with van der Waals surface area (Å²) in [5.41, 5.74) is 0.246. The summed E-state index contributed by atoms with van der Waals surface area (Å²) in [6.07, 6.45) is 0. The molecule has 19 heavy (non-hydrogen) atoms. The van der Waals surface area contributed by atoms with Crippen LogP contribution in [0.4, 0.5) is 11.6 Å². The molecule has 0 bridgehead atoms. The number of halogens is 2. The fourth-order valence-electron chi connectivity index (χ4n) is 1.44. The molecule has 0 saturated carbocycles. The number of anilines is 2. The molecule has 0 aliphatic carbocycles. The average Bonchev–Trinajstić information content (AvgIpc) is 2.29. The van der Waals surface area contributed by atoms with Crippen LogP contribution in [0.2, 0.25) is 10.0 Å². The summed E-state index contributed by atoms with van der Waals surface area (Å²) in [4.78, 5) is 4.43. The number of hydrogen-bond acceptors (Lipinski definition) is 3. The van der Waals surface area contributed by atoms with Crippen LogP contribution in [0.5, 0.6) is 0 Å². The van der Waals surface area contributed by atoms with E-state index in [9.17, 15) is 0 Å². The highest BCUT2D eigenvalue weighted by Gasteiger charge is 2.20. The van der Waals surface area contributed by atoms with Crippen LogP contribution in [0.15, 0.2) is 6.07 Å². The van der Waals surface area contributed by atoms with Gasteiger partial charge in [0.25, 0.3) is 0 Å². The maximum absolute atomic E-state index is 6.16. The zero-order valence-corrected chi connectivity index (χ0v) is 13.8. The standard InChI is InChI=1S/C14H23Cl2N3/c1-6-17-12-10(15)7-11(16)13(19-12)18-8-9(2)14(3,4)5/h7,9H,6,8H2,1-5H3,(H2,17,18,19). The Morgan fingerprint density at radius 3 is 2.16 bits per heavy atom. The Balaban J connectivity index is 2.81. The molecule has 0 amide bonds. The average molecular weight is 304 g/mol. The van der Waals surface area contributed by atoms with Crippen molar-refractivity contribution >= 4 is 34.8 Å². The molecule has 2 N–H and O–H groups in total. The zero-order chi connectivity index (χ0) is 14.6. The second-order valence-electron chi connectivity index (χ2n) is 5.83. The molecule has 0 radical (unpaired) electrons. The summed E-state index contributed by atoms with van der Waals surface area (Å²) in [5.74, 6) is 1.85. The van der Waals surface area contributed by atoms with E-state index in [-0.39, 0.29) is 5.41 Å². The second-order valence-corrected chi connectivity index (χ2v) is 6.64. The highest BCUT2D eigenvalue weighted by atomic mass is 35.5. The van der Waals surface area contributed by atoms with Crippen LogP contribution in [-0.4, -0.2) is 18.1 Å². The Kier molecular flexibility index (Phi) is 5.75. The smallest absolute Gasteiger partial charge is 0.147 e. The van der Waals surface area contributed by atoms with Gasteiger partial charge < -0.3 is 10.6 Å². The van der Waals surface area contributed by atoms with Crippen LogP contribution in [-0.2, 0) is 0 Å². The Labute approximate surface area is 126 Å². The molecular formula is C14H23Cl2N3. The number of rotatable bonds is 5. The molecule has 0 fully saturated rings. The quantitative estimate of drug-likeness (QED) is 0.811. The third-order valence-electron chi connectivity index (χ3n) is 3.33. The van der Waals surface area contributed by atoms with Crippen LogP contribution >= 0.6 is 23.2 Å². The Bertz CT molecular complexity index is 427. The van der Waals surface area contributed by atoms with E-state index in [1.807, 2.05) is 6.92 Å². The van der Waals surface area contributed by atoms with E-state index < -0.39 is 0 Å². The van der Waals surface area contributed by atoms with E-state index in [1.165, 1.54) is 0 Å². The molecule has 0 spiro atoms. The summed E-state index contributed by atoms with van der Waals surface area (Å²) >= 11 is 12.2. The van der Waals surface area contributed by atoms with Crippen molar-refractivity contribution in [2.75, 3.05) is 23.7 Å². The van der Waals surface area contributed by atoms with Crippen LogP contribution in [0.1, 0.15) is 34.6 Å². The van der Waals surface area contributed by atoms with Crippen molar-refractivity contribution in [2.45, 2.75) is 34.6 Å². The first-order chi connectivity index (χ1) is 8.75. The molecule has 0 aliphatic heterocycles. The Hall–Kier alpha value is -0.670. The van der Waals surface area contributed by atoms with Crippen molar-refractivity contribution in [3.63, 3.8) is 0 Å². The molecule has 1 aromatic rings. The lowest BCUT2D eigenvalue weighted by Crippen LogP contribution is -2.25. The number of nitrogens with one attached hydrogen (secondary N) is 2. The van der Waals surface area contributed by atoms with E-state index in [0.29, 0.717) is 27.6 Å². The van der Waals surface area contributed by atoms with Crippen LogP contribution in [0.25, 0.3) is 0 Å². The molecule has 5 heteroatoms. The van der Waals surface area contributed by atoms with Crippen LogP contribution in [0, 0.1) is 11.3 Å². The maximum Gasteiger partial charge on any atom is 0.147 e. The van der Waals surface area contributed by atoms with Gasteiger partial charge in [0, 0.05) is 13.1 Å². The topological polar surface area (TPSA) is 37.0 Å². The van der Waals surface area contributed by atoms with Crippen molar-refractivity contribution in [2.24, 2.45) is 11.3 Å². The fraction of sp³-hybridized carbons (Fsp3) is 0.643. The molecule has 1 unspecified atom stereocenters. The third-order valence-corrected chi connectivity index (χ3v) is 3.90. The van der Waals surface area contributed by atoms with E-state index in [2.05, 4.69) is 43.3 Å². The van der Waals surface area contributed by atoms with Gasteiger partial charge in [0.1, 0.15) is 11.6 Å². The largest absolute Gasteiger partial charge is 0.369 e. The van der Waals surface area contributed by atoms with Gasteiger partial charge in [-0.05, 0) is 24.3 Å². The Morgan fingerprint density at radius 2 is 1.68 bits per heavy atom. The fourth-order valence-corrected chi connectivity index (χ4v) is 1.93. The van der Waals surface area contributed by atoms with Gasteiger partial charge in [-0.3, -0.25) is 0 Å². The number of nitrogens with zero attached hydrogens (tertiary/aromatic N) is 1. The second kappa shape index (κ2) is 6.67. The van der Waals surface area contributed by atoms with E-state index >= 15 is 0 Å². The molecular weight excluding hydrogens is 281 g/mol. The van der Waals surface area contributed by atoms with Gasteiger partial charge in [-0.1, -0.05) is 50.9 Å². The molecule has 0 aromatic carbocycles. The molecule has 1 atom stereocenters. The minimum Gasteiger partial charge on any atom is -0.369 e. The molecule has 1 rings (SSSR count). The van der Waals surface area contributed by atoms with Gasteiger partial charge in [0.2, 0.25) is 0 Å². The van der Waals surface area contributed by atoms with Crippen molar-refractivity contribution < 1.29 is 0 Å². The van der Waals surface area contributed by atoms with Crippen molar-refractivity contribution in [3.8, 4) is 0 Å². The van der Waals surface area contributed by atoms with Gasteiger partial charge in [-0.25, -0.2) is 4.98 Å². The van der Waals surface area contributed by atoms with Crippen LogP contribution in [0.3, 0.4) is 0 Å². The first kappa shape index (κ1) is 16.4. The molecule has 0 saturated heterocycles. The first-order valence-electron chi connectivity index (χ1n) is 6.59. The van der Waals surface area contributed by atoms with Gasteiger partial charge in [0.15, 0.2) is 0 Å². The maximum atomic E-state index is 6.16. The molecule has 3 nitrogen and oxygen atoms in total. The number of pyridine rings is 1. The molecule has 1 heterocycles. The minimum atomic E-state index is 0.246. The van der Waals surface area contributed by atoms with Crippen molar-refractivity contribution in [1.29, 1.82) is 0 Å². The first-order valence-corrected chi connectivity index (χ1v) is 7.35. The van der Waals surface area contributed by atoms with E-state index in [0.717, 1.165) is 13.1 Å². The highest BCUT2D eigenvalue weighted by Crippen LogP contribution is 2.30.